The molecule has 3 aromatic rings. The average molecular weight is 465 g/mol. The van der Waals surface area contributed by atoms with E-state index in [0.29, 0.717) is 23.4 Å². The molecule has 0 bridgehead atoms. The maximum atomic E-state index is 13.4. The Morgan fingerprint density at radius 3 is 2.79 bits per heavy atom. The highest BCUT2D eigenvalue weighted by molar-refractivity contribution is 9.10. The van der Waals surface area contributed by atoms with E-state index in [1.54, 1.807) is 18.3 Å². The first-order chi connectivity index (χ1) is 13.4. The molecular formula is C20H16BrClFN3O2. The lowest BCUT2D eigenvalue weighted by molar-refractivity contribution is 0.0293. The second-order valence-electron chi connectivity index (χ2n) is 7.68. The Bertz CT molecular complexity index is 1110. The highest BCUT2D eigenvalue weighted by Crippen LogP contribution is 2.60. The van der Waals surface area contributed by atoms with E-state index in [0.717, 1.165) is 16.5 Å². The summed E-state index contributed by atoms with van der Waals surface area (Å²) in [5.41, 5.74) is 0.998. The lowest BCUT2D eigenvalue weighted by Gasteiger charge is -2.27. The highest BCUT2D eigenvalue weighted by atomic mass is 79.9. The number of amides is 1. The molecule has 8 heteroatoms. The summed E-state index contributed by atoms with van der Waals surface area (Å²) in [7, 11) is 0. The SMILES string of the molecule is O=C(NC1C2CC(O)(c3cc(Cl)cc4[nH]ncc34)CC21)c1ccc(F)c(Br)c1. The summed E-state index contributed by atoms with van der Waals surface area (Å²) < 4.78 is 13.6. The fraction of sp³-hybridized carbons (Fsp3) is 0.300. The van der Waals surface area contributed by atoms with Crippen molar-refractivity contribution < 1.29 is 14.3 Å². The predicted octanol–water partition coefficient (Wildman–Crippen LogP) is 4.14. The van der Waals surface area contributed by atoms with Gasteiger partial charge in [0.15, 0.2) is 0 Å². The molecule has 1 aromatic heterocycles. The number of aromatic nitrogens is 2. The molecule has 28 heavy (non-hydrogen) atoms. The second-order valence-corrected chi connectivity index (χ2v) is 8.97. The van der Waals surface area contributed by atoms with Gasteiger partial charge in [-0.3, -0.25) is 9.89 Å². The first kappa shape index (κ1) is 18.1. The van der Waals surface area contributed by atoms with Crippen LogP contribution in [0.1, 0.15) is 28.8 Å². The van der Waals surface area contributed by atoms with Crippen molar-refractivity contribution in [3.63, 3.8) is 0 Å². The number of carbonyl (C=O) groups is 1. The molecule has 144 valence electrons. The summed E-state index contributed by atoms with van der Waals surface area (Å²) in [6, 6.07) is 7.81. The number of aliphatic hydroxyl groups is 1. The van der Waals surface area contributed by atoms with Gasteiger partial charge in [0.2, 0.25) is 0 Å². The van der Waals surface area contributed by atoms with Gasteiger partial charge in [-0.15, -0.1) is 0 Å². The molecular weight excluding hydrogens is 449 g/mol. The van der Waals surface area contributed by atoms with Gasteiger partial charge in [0.25, 0.3) is 5.91 Å². The Morgan fingerprint density at radius 1 is 1.32 bits per heavy atom. The quantitative estimate of drug-likeness (QED) is 0.545. The summed E-state index contributed by atoms with van der Waals surface area (Å²) in [5, 5.41) is 22.7. The molecule has 2 atom stereocenters. The normalized spacial score (nSPS) is 28.4. The number of rotatable bonds is 3. The van der Waals surface area contributed by atoms with Crippen molar-refractivity contribution in [2.45, 2.75) is 24.5 Å². The topological polar surface area (TPSA) is 78.0 Å². The van der Waals surface area contributed by atoms with Crippen LogP contribution in [-0.4, -0.2) is 27.3 Å². The molecule has 0 radical (unpaired) electrons. The smallest absolute Gasteiger partial charge is 0.251 e. The van der Waals surface area contributed by atoms with E-state index in [-0.39, 0.29) is 28.3 Å². The molecule has 2 aliphatic carbocycles. The van der Waals surface area contributed by atoms with E-state index < -0.39 is 11.4 Å². The van der Waals surface area contributed by atoms with Gasteiger partial charge in [-0.1, -0.05) is 11.6 Å². The van der Waals surface area contributed by atoms with Crippen LogP contribution in [0.4, 0.5) is 4.39 Å². The molecule has 1 amide bonds. The number of aromatic amines is 1. The maximum absolute atomic E-state index is 13.4. The number of fused-ring (bicyclic) bond motifs is 2. The van der Waals surface area contributed by atoms with Crippen molar-refractivity contribution in [2.24, 2.45) is 11.8 Å². The number of hydrogen-bond acceptors (Lipinski definition) is 3. The van der Waals surface area contributed by atoms with Gasteiger partial charge in [0, 0.05) is 22.0 Å². The van der Waals surface area contributed by atoms with Crippen LogP contribution in [0.3, 0.4) is 0 Å². The molecule has 2 saturated carbocycles. The molecule has 0 aliphatic heterocycles. The molecule has 0 spiro atoms. The molecule has 5 rings (SSSR count). The van der Waals surface area contributed by atoms with E-state index in [9.17, 15) is 14.3 Å². The van der Waals surface area contributed by atoms with E-state index in [1.165, 1.54) is 18.2 Å². The lowest BCUT2D eigenvalue weighted by atomic mass is 9.86. The molecule has 2 unspecified atom stereocenters. The molecule has 2 fully saturated rings. The van der Waals surface area contributed by atoms with Crippen molar-refractivity contribution in [3.8, 4) is 0 Å². The van der Waals surface area contributed by atoms with Crippen molar-refractivity contribution >= 4 is 44.3 Å². The maximum Gasteiger partial charge on any atom is 0.251 e. The van der Waals surface area contributed by atoms with Crippen LogP contribution in [0.2, 0.25) is 5.02 Å². The largest absolute Gasteiger partial charge is 0.385 e. The van der Waals surface area contributed by atoms with Crippen molar-refractivity contribution in [1.29, 1.82) is 0 Å². The van der Waals surface area contributed by atoms with Crippen molar-refractivity contribution in [3.05, 3.63) is 63.0 Å². The number of halogens is 3. The zero-order valence-corrected chi connectivity index (χ0v) is 16.9. The van der Waals surface area contributed by atoms with Crippen LogP contribution in [0.5, 0.6) is 0 Å². The van der Waals surface area contributed by atoms with Gasteiger partial charge in [-0.25, -0.2) is 4.39 Å². The monoisotopic (exact) mass is 463 g/mol. The minimum absolute atomic E-state index is 0.0237. The van der Waals surface area contributed by atoms with Crippen molar-refractivity contribution in [1.82, 2.24) is 15.5 Å². The number of nitrogens with one attached hydrogen (secondary N) is 2. The Kier molecular flexibility index (Phi) is 4.05. The Labute approximate surface area is 173 Å². The van der Waals surface area contributed by atoms with Crippen LogP contribution >= 0.6 is 27.5 Å². The highest BCUT2D eigenvalue weighted by Gasteiger charge is 2.62. The van der Waals surface area contributed by atoms with Crippen LogP contribution in [0.25, 0.3) is 10.9 Å². The number of H-pyrrole nitrogens is 1. The number of nitrogens with zero attached hydrogens (tertiary/aromatic N) is 1. The van der Waals surface area contributed by atoms with Crippen molar-refractivity contribution in [2.75, 3.05) is 0 Å². The second kappa shape index (κ2) is 6.27. The van der Waals surface area contributed by atoms with Gasteiger partial charge in [0.05, 0.1) is 21.8 Å². The summed E-state index contributed by atoms with van der Waals surface area (Å²) in [5.74, 6) is -0.224. The Morgan fingerprint density at radius 2 is 2.07 bits per heavy atom. The summed E-state index contributed by atoms with van der Waals surface area (Å²) in [6.07, 6.45) is 2.81. The minimum Gasteiger partial charge on any atom is -0.385 e. The fourth-order valence-corrected chi connectivity index (χ4v) is 5.17. The van der Waals surface area contributed by atoms with Crippen LogP contribution < -0.4 is 5.32 Å². The Balaban J connectivity index is 1.32. The zero-order valence-electron chi connectivity index (χ0n) is 14.5. The molecule has 0 saturated heterocycles. The number of carbonyl (C=O) groups excluding carboxylic acids is 1. The third-order valence-electron chi connectivity index (χ3n) is 5.98. The van der Waals surface area contributed by atoms with E-state index in [1.807, 2.05) is 0 Å². The number of hydrogen-bond donors (Lipinski definition) is 3. The molecule has 3 N–H and O–H groups in total. The molecule has 2 aromatic carbocycles. The summed E-state index contributed by atoms with van der Waals surface area (Å²) in [4.78, 5) is 12.5. The minimum atomic E-state index is -0.984. The van der Waals surface area contributed by atoms with E-state index >= 15 is 0 Å². The van der Waals surface area contributed by atoms with Crippen LogP contribution in [-0.2, 0) is 5.60 Å². The van der Waals surface area contributed by atoms with E-state index in [4.69, 9.17) is 11.6 Å². The van der Waals surface area contributed by atoms with Crippen LogP contribution in [0, 0.1) is 17.7 Å². The van der Waals surface area contributed by atoms with Crippen LogP contribution in [0.15, 0.2) is 41.0 Å². The standard InChI is InChI=1S/C20H16BrClFN3O2/c21-15-3-9(1-2-16(15)23)19(27)25-18-11-6-20(28,7-12(11)18)14-4-10(22)5-17-13(14)8-24-26-17/h1-5,8,11-12,18,28H,6-7H2,(H,24,26)(H,25,27). The van der Waals surface area contributed by atoms with Gasteiger partial charge < -0.3 is 10.4 Å². The average Bonchev–Trinajstić information content (AvgIpc) is 3.03. The third-order valence-corrected chi connectivity index (χ3v) is 6.81. The molecule has 1 heterocycles. The number of benzene rings is 2. The van der Waals surface area contributed by atoms with Gasteiger partial charge >= 0.3 is 0 Å². The Hall–Kier alpha value is -1.96. The summed E-state index contributed by atoms with van der Waals surface area (Å²) >= 11 is 9.31. The van der Waals surface area contributed by atoms with Gasteiger partial charge in [0.1, 0.15) is 5.82 Å². The summed E-state index contributed by atoms with van der Waals surface area (Å²) in [6.45, 7) is 0. The van der Waals surface area contributed by atoms with Gasteiger partial charge in [-0.2, -0.15) is 5.10 Å². The first-order valence-electron chi connectivity index (χ1n) is 8.97. The molecule has 5 nitrogen and oxygen atoms in total. The first-order valence-corrected chi connectivity index (χ1v) is 10.1. The van der Waals surface area contributed by atoms with E-state index in [2.05, 4.69) is 31.4 Å². The predicted molar refractivity (Wildman–Crippen MR) is 107 cm³/mol. The lowest BCUT2D eigenvalue weighted by Crippen LogP contribution is -2.33. The van der Waals surface area contributed by atoms with Gasteiger partial charge in [-0.05, 0) is 76.5 Å². The third kappa shape index (κ3) is 2.84. The molecule has 2 aliphatic rings. The fourth-order valence-electron chi connectivity index (χ4n) is 4.57. The zero-order chi connectivity index (χ0) is 19.6.